The number of nitrogens with zero attached hydrogens (tertiary/aromatic N) is 2. The van der Waals surface area contributed by atoms with Crippen molar-refractivity contribution in [3.05, 3.63) is 21.4 Å². The van der Waals surface area contributed by atoms with Crippen LogP contribution in [0.2, 0.25) is 0 Å². The van der Waals surface area contributed by atoms with Crippen molar-refractivity contribution in [1.82, 2.24) is 4.90 Å². The fourth-order valence-corrected chi connectivity index (χ4v) is 2.69. The maximum Gasteiger partial charge on any atom is 0.420 e. The Morgan fingerprint density at radius 1 is 1.12 bits per heavy atom. The topological polar surface area (TPSA) is 79.6 Å². The molecule has 2 amide bonds. The Balaban J connectivity index is 3.06. The smallest absolute Gasteiger partial charge is 0.420 e. The van der Waals surface area contributed by atoms with Crippen LogP contribution in [0.5, 0.6) is 0 Å². The Labute approximate surface area is 147 Å². The molecule has 0 aliphatic heterocycles. The molecule has 1 aromatic rings. The van der Waals surface area contributed by atoms with Gasteiger partial charge in [-0.1, -0.05) is 0 Å². The molecule has 7 heteroatoms. The highest BCUT2D eigenvalue weighted by Gasteiger charge is 2.31. The van der Waals surface area contributed by atoms with E-state index in [1.165, 1.54) is 11.3 Å². The SMILES string of the molecule is Cc1cc(CN(C(=O)OC(C)(C)C)C(=O)OC(C)(C)C)sc1C#N. The Morgan fingerprint density at radius 2 is 1.58 bits per heavy atom. The van der Waals surface area contributed by atoms with Crippen molar-refractivity contribution in [2.45, 2.75) is 66.2 Å². The summed E-state index contributed by atoms with van der Waals surface area (Å²) < 4.78 is 10.6. The number of nitriles is 1. The van der Waals surface area contributed by atoms with Gasteiger partial charge in [0.1, 0.15) is 22.1 Å². The van der Waals surface area contributed by atoms with E-state index in [9.17, 15) is 9.59 Å². The maximum absolute atomic E-state index is 12.4. The number of hydrogen-bond donors (Lipinski definition) is 0. The second-order valence-corrected chi connectivity index (χ2v) is 8.52. The summed E-state index contributed by atoms with van der Waals surface area (Å²) in [6.07, 6.45) is -1.55. The van der Waals surface area contributed by atoms with Gasteiger partial charge in [0.15, 0.2) is 0 Å². The fraction of sp³-hybridized carbons (Fsp3) is 0.588. The minimum absolute atomic E-state index is 0.00296. The van der Waals surface area contributed by atoms with E-state index in [4.69, 9.17) is 14.7 Å². The minimum Gasteiger partial charge on any atom is -0.443 e. The van der Waals surface area contributed by atoms with Crippen molar-refractivity contribution in [1.29, 1.82) is 5.26 Å². The van der Waals surface area contributed by atoms with Gasteiger partial charge in [0.05, 0.1) is 6.54 Å². The molecule has 0 spiro atoms. The molecule has 0 radical (unpaired) electrons. The second-order valence-electron chi connectivity index (χ2n) is 7.38. The lowest BCUT2D eigenvalue weighted by Crippen LogP contribution is -2.43. The summed E-state index contributed by atoms with van der Waals surface area (Å²) in [5.74, 6) is 0. The largest absolute Gasteiger partial charge is 0.443 e. The van der Waals surface area contributed by atoms with Crippen LogP contribution < -0.4 is 0 Å². The molecule has 6 nitrogen and oxygen atoms in total. The number of imide groups is 1. The van der Waals surface area contributed by atoms with E-state index in [0.29, 0.717) is 9.75 Å². The third-order valence-corrected chi connectivity index (χ3v) is 3.74. The molecule has 0 aromatic carbocycles. The van der Waals surface area contributed by atoms with E-state index in [1.54, 1.807) is 47.6 Å². The van der Waals surface area contributed by atoms with Crippen molar-refractivity contribution in [3.8, 4) is 6.07 Å². The number of rotatable bonds is 2. The van der Waals surface area contributed by atoms with Crippen LogP contribution in [0.15, 0.2) is 6.07 Å². The van der Waals surface area contributed by atoms with Gasteiger partial charge < -0.3 is 9.47 Å². The van der Waals surface area contributed by atoms with Crippen LogP contribution in [-0.4, -0.2) is 28.3 Å². The molecule has 0 bridgehead atoms. The van der Waals surface area contributed by atoms with Gasteiger partial charge in [-0.2, -0.15) is 5.26 Å². The number of carbonyl (C=O) groups excluding carboxylic acids is 2. The van der Waals surface area contributed by atoms with Gasteiger partial charge in [-0.3, -0.25) is 0 Å². The summed E-state index contributed by atoms with van der Waals surface area (Å²) in [4.78, 5) is 27.0. The first kappa shape index (κ1) is 20.0. The fourth-order valence-electron chi connectivity index (χ4n) is 1.73. The van der Waals surface area contributed by atoms with Crippen LogP contribution in [0.25, 0.3) is 0 Å². The van der Waals surface area contributed by atoms with Crippen LogP contribution in [0.4, 0.5) is 9.59 Å². The van der Waals surface area contributed by atoms with Crippen molar-refractivity contribution in [2.24, 2.45) is 0 Å². The van der Waals surface area contributed by atoms with E-state index in [0.717, 1.165) is 10.5 Å². The van der Waals surface area contributed by atoms with Gasteiger partial charge in [-0.25, -0.2) is 14.5 Å². The van der Waals surface area contributed by atoms with Crippen LogP contribution in [-0.2, 0) is 16.0 Å². The van der Waals surface area contributed by atoms with E-state index in [2.05, 4.69) is 6.07 Å². The number of hydrogen-bond acceptors (Lipinski definition) is 6. The highest BCUT2D eigenvalue weighted by atomic mass is 32.1. The second kappa shape index (κ2) is 7.22. The molecule has 0 aliphatic rings. The lowest BCUT2D eigenvalue weighted by Gasteiger charge is -2.28. The van der Waals surface area contributed by atoms with E-state index in [-0.39, 0.29) is 6.54 Å². The van der Waals surface area contributed by atoms with Crippen LogP contribution in [0, 0.1) is 18.3 Å². The lowest BCUT2D eigenvalue weighted by molar-refractivity contribution is -0.0000538. The van der Waals surface area contributed by atoms with E-state index >= 15 is 0 Å². The first-order valence-corrected chi connectivity index (χ1v) is 8.37. The molecule has 1 rings (SSSR count). The molecule has 0 aliphatic carbocycles. The molecule has 0 N–H and O–H groups in total. The maximum atomic E-state index is 12.4. The Kier molecular flexibility index (Phi) is 6.01. The predicted molar refractivity (Wildman–Crippen MR) is 91.8 cm³/mol. The third kappa shape index (κ3) is 6.20. The summed E-state index contributed by atoms with van der Waals surface area (Å²) in [7, 11) is 0. The minimum atomic E-state index is -0.777. The van der Waals surface area contributed by atoms with Gasteiger partial charge in [-0.15, -0.1) is 11.3 Å². The third-order valence-electron chi connectivity index (χ3n) is 2.61. The number of ether oxygens (including phenoxy) is 2. The molecule has 24 heavy (non-hydrogen) atoms. The normalized spacial score (nSPS) is 11.6. The molecule has 0 unspecified atom stereocenters. The zero-order valence-corrected chi connectivity index (χ0v) is 16.0. The number of carbonyl (C=O) groups is 2. The Hall–Kier alpha value is -2.07. The number of aryl methyl sites for hydroxylation is 1. The van der Waals surface area contributed by atoms with Crippen molar-refractivity contribution < 1.29 is 19.1 Å². The van der Waals surface area contributed by atoms with Crippen molar-refractivity contribution >= 4 is 23.5 Å². The summed E-state index contributed by atoms with van der Waals surface area (Å²) in [5, 5.41) is 9.05. The molecular weight excluding hydrogens is 328 g/mol. The van der Waals surface area contributed by atoms with Gasteiger partial charge in [0.2, 0.25) is 0 Å². The van der Waals surface area contributed by atoms with Crippen LogP contribution >= 0.6 is 11.3 Å². The molecule has 0 saturated carbocycles. The average Bonchev–Trinajstić information content (AvgIpc) is 2.71. The standard InChI is InChI=1S/C17H24N2O4S/c1-11-8-12(24-13(11)9-18)10-19(14(20)22-16(2,3)4)15(21)23-17(5,6)7/h8H,10H2,1-7H3. The highest BCUT2D eigenvalue weighted by molar-refractivity contribution is 7.12. The molecule has 132 valence electrons. The van der Waals surface area contributed by atoms with Gasteiger partial charge >= 0.3 is 12.2 Å². The molecule has 0 fully saturated rings. The lowest BCUT2D eigenvalue weighted by atomic mass is 10.2. The molecule has 1 heterocycles. The van der Waals surface area contributed by atoms with E-state index < -0.39 is 23.4 Å². The first-order valence-electron chi connectivity index (χ1n) is 7.55. The summed E-state index contributed by atoms with van der Waals surface area (Å²) >= 11 is 1.24. The zero-order valence-electron chi connectivity index (χ0n) is 15.2. The Morgan fingerprint density at radius 3 is 1.92 bits per heavy atom. The molecule has 0 saturated heterocycles. The Bertz CT molecular complexity index is 632. The van der Waals surface area contributed by atoms with E-state index in [1.807, 2.05) is 6.92 Å². The molecule has 0 atom stereocenters. The van der Waals surface area contributed by atoms with Crippen molar-refractivity contribution in [3.63, 3.8) is 0 Å². The van der Waals surface area contributed by atoms with Gasteiger partial charge in [0.25, 0.3) is 0 Å². The summed E-state index contributed by atoms with van der Waals surface area (Å²) in [6, 6.07) is 3.87. The first-order chi connectivity index (χ1) is 10.8. The summed E-state index contributed by atoms with van der Waals surface area (Å²) in [6.45, 7) is 12.1. The van der Waals surface area contributed by atoms with Crippen molar-refractivity contribution in [2.75, 3.05) is 0 Å². The quantitative estimate of drug-likeness (QED) is 0.777. The molecular formula is C17H24N2O4S. The zero-order chi connectivity index (χ0) is 18.7. The van der Waals surface area contributed by atoms with Gasteiger partial charge in [0, 0.05) is 4.88 Å². The van der Waals surface area contributed by atoms with Crippen LogP contribution in [0.3, 0.4) is 0 Å². The highest BCUT2D eigenvalue weighted by Crippen LogP contribution is 2.24. The number of thiophene rings is 1. The average molecular weight is 352 g/mol. The molecule has 1 aromatic heterocycles. The summed E-state index contributed by atoms with van der Waals surface area (Å²) in [5.41, 5.74) is -0.660. The predicted octanol–water partition coefficient (Wildman–Crippen LogP) is 4.60. The van der Waals surface area contributed by atoms with Gasteiger partial charge in [-0.05, 0) is 60.1 Å². The number of amides is 2. The van der Waals surface area contributed by atoms with Crippen LogP contribution in [0.1, 0.15) is 56.9 Å². The monoisotopic (exact) mass is 352 g/mol.